The average molecular weight is 274 g/mol. The molecular weight excluding hydrogens is 262 g/mol. The van der Waals surface area contributed by atoms with Crippen LogP contribution in [0.2, 0.25) is 0 Å². The molecule has 5 heteroatoms. The molecule has 0 aliphatic carbocycles. The Morgan fingerprint density at radius 1 is 1.53 bits per heavy atom. The van der Waals surface area contributed by atoms with E-state index < -0.39 is 5.97 Å². The summed E-state index contributed by atoms with van der Waals surface area (Å²) in [7, 11) is 1.33. The van der Waals surface area contributed by atoms with Gasteiger partial charge in [0, 0.05) is 6.20 Å². The van der Waals surface area contributed by atoms with Crippen LogP contribution < -0.4 is 4.74 Å². The van der Waals surface area contributed by atoms with Crippen LogP contribution in [0.15, 0.2) is 16.7 Å². The third kappa shape index (κ3) is 2.92. The second-order valence-corrected chi connectivity index (χ2v) is 3.93. The molecule has 1 aromatic heterocycles. The Bertz CT molecular complexity index is 366. The molecule has 4 nitrogen and oxygen atoms in total. The lowest BCUT2D eigenvalue weighted by molar-refractivity contribution is 0.0598. The zero-order chi connectivity index (χ0) is 11.4. The monoisotopic (exact) mass is 273 g/mol. The molecule has 0 fully saturated rings. The summed E-state index contributed by atoms with van der Waals surface area (Å²) in [4.78, 5) is 15.4. The third-order valence-corrected chi connectivity index (χ3v) is 2.38. The van der Waals surface area contributed by atoms with Crippen LogP contribution in [-0.2, 0) is 4.74 Å². The summed E-state index contributed by atoms with van der Waals surface area (Å²) in [5, 5.41) is 0. The highest BCUT2D eigenvalue weighted by Gasteiger charge is 2.15. The Balaban J connectivity index is 3.05. The first-order valence-corrected chi connectivity index (χ1v) is 5.25. The Morgan fingerprint density at radius 3 is 2.73 bits per heavy atom. The Hall–Kier alpha value is -1.10. The molecular formula is C10H12BrNO3. The molecule has 0 atom stereocenters. The number of pyridine rings is 1. The Labute approximate surface area is 96.7 Å². The molecule has 1 heterocycles. The molecule has 0 N–H and O–H groups in total. The van der Waals surface area contributed by atoms with Gasteiger partial charge in [0.05, 0.1) is 23.2 Å². The predicted octanol–water partition coefficient (Wildman–Crippen LogP) is 2.42. The minimum atomic E-state index is -0.419. The molecule has 82 valence electrons. The number of carbonyl (C=O) groups is 1. The molecule has 0 aliphatic rings. The van der Waals surface area contributed by atoms with Crippen molar-refractivity contribution in [3.8, 4) is 5.88 Å². The normalized spacial score (nSPS) is 10.2. The molecule has 0 spiro atoms. The minimum Gasteiger partial charge on any atom is -0.474 e. The van der Waals surface area contributed by atoms with E-state index in [2.05, 4.69) is 25.7 Å². The van der Waals surface area contributed by atoms with Crippen molar-refractivity contribution >= 4 is 21.9 Å². The van der Waals surface area contributed by atoms with E-state index in [-0.39, 0.29) is 6.10 Å². The highest BCUT2D eigenvalue weighted by molar-refractivity contribution is 9.10. The maximum atomic E-state index is 11.3. The lowest BCUT2D eigenvalue weighted by Crippen LogP contribution is -2.10. The largest absolute Gasteiger partial charge is 0.474 e. The number of nitrogens with zero attached hydrogens (tertiary/aromatic N) is 1. The number of hydrogen-bond donors (Lipinski definition) is 0. The van der Waals surface area contributed by atoms with E-state index in [9.17, 15) is 4.79 Å². The quantitative estimate of drug-likeness (QED) is 0.794. The first-order chi connectivity index (χ1) is 7.06. The summed E-state index contributed by atoms with van der Waals surface area (Å²) in [6, 6.07) is 1.57. The van der Waals surface area contributed by atoms with E-state index >= 15 is 0 Å². The number of carbonyl (C=O) groups excluding carboxylic acids is 1. The van der Waals surface area contributed by atoms with Gasteiger partial charge in [0.1, 0.15) is 0 Å². The molecule has 0 radical (unpaired) electrons. The Kier molecular flexibility index (Phi) is 4.08. The number of rotatable bonds is 3. The molecule has 0 amide bonds. The standard InChI is InChI=1S/C10H12BrNO3/c1-6(2)15-9-8(11)7(4-5-12-9)10(13)14-3/h4-6H,1-3H3. The van der Waals surface area contributed by atoms with Gasteiger partial charge in [-0.25, -0.2) is 9.78 Å². The van der Waals surface area contributed by atoms with E-state index in [1.807, 2.05) is 13.8 Å². The predicted molar refractivity (Wildman–Crippen MR) is 59.0 cm³/mol. The van der Waals surface area contributed by atoms with Gasteiger partial charge in [0.25, 0.3) is 0 Å². The highest BCUT2D eigenvalue weighted by Crippen LogP contribution is 2.27. The zero-order valence-electron chi connectivity index (χ0n) is 8.78. The van der Waals surface area contributed by atoms with Crippen molar-refractivity contribution < 1.29 is 14.3 Å². The maximum absolute atomic E-state index is 11.3. The lowest BCUT2D eigenvalue weighted by atomic mass is 10.3. The molecule has 0 bridgehead atoms. The first-order valence-electron chi connectivity index (χ1n) is 4.45. The van der Waals surface area contributed by atoms with Gasteiger partial charge in [-0.15, -0.1) is 0 Å². The van der Waals surface area contributed by atoms with Crippen LogP contribution in [-0.4, -0.2) is 24.2 Å². The maximum Gasteiger partial charge on any atom is 0.339 e. The molecule has 0 saturated carbocycles. The van der Waals surface area contributed by atoms with E-state index in [1.54, 1.807) is 6.07 Å². The van der Waals surface area contributed by atoms with Crippen molar-refractivity contribution in [1.29, 1.82) is 0 Å². The van der Waals surface area contributed by atoms with Gasteiger partial charge in [-0.2, -0.15) is 0 Å². The van der Waals surface area contributed by atoms with Crippen molar-refractivity contribution in [3.05, 3.63) is 22.3 Å². The molecule has 0 aliphatic heterocycles. The van der Waals surface area contributed by atoms with Gasteiger partial charge in [-0.05, 0) is 35.8 Å². The van der Waals surface area contributed by atoms with Crippen LogP contribution in [0, 0.1) is 0 Å². The number of methoxy groups -OCH3 is 1. The topological polar surface area (TPSA) is 48.4 Å². The van der Waals surface area contributed by atoms with Gasteiger partial charge in [0.2, 0.25) is 5.88 Å². The van der Waals surface area contributed by atoms with Crippen molar-refractivity contribution in [3.63, 3.8) is 0 Å². The fourth-order valence-electron chi connectivity index (χ4n) is 0.998. The fraction of sp³-hybridized carbons (Fsp3) is 0.400. The van der Waals surface area contributed by atoms with Gasteiger partial charge in [0.15, 0.2) is 0 Å². The Morgan fingerprint density at radius 2 is 2.20 bits per heavy atom. The highest BCUT2D eigenvalue weighted by atomic mass is 79.9. The molecule has 0 saturated heterocycles. The SMILES string of the molecule is COC(=O)c1ccnc(OC(C)C)c1Br. The number of hydrogen-bond acceptors (Lipinski definition) is 4. The van der Waals surface area contributed by atoms with Crippen molar-refractivity contribution in [1.82, 2.24) is 4.98 Å². The number of esters is 1. The second-order valence-electron chi connectivity index (χ2n) is 3.14. The summed E-state index contributed by atoms with van der Waals surface area (Å²) < 4.78 is 10.6. The smallest absolute Gasteiger partial charge is 0.339 e. The molecule has 1 rings (SSSR count). The van der Waals surface area contributed by atoms with E-state index in [4.69, 9.17) is 4.74 Å². The van der Waals surface area contributed by atoms with Gasteiger partial charge < -0.3 is 9.47 Å². The van der Waals surface area contributed by atoms with Gasteiger partial charge >= 0.3 is 5.97 Å². The third-order valence-electron chi connectivity index (χ3n) is 1.61. The molecule has 0 unspecified atom stereocenters. The molecule has 15 heavy (non-hydrogen) atoms. The van der Waals surface area contributed by atoms with Crippen LogP contribution in [0.25, 0.3) is 0 Å². The number of ether oxygens (including phenoxy) is 2. The zero-order valence-corrected chi connectivity index (χ0v) is 10.4. The molecule has 0 aromatic carbocycles. The van der Waals surface area contributed by atoms with Crippen LogP contribution in [0.3, 0.4) is 0 Å². The van der Waals surface area contributed by atoms with Crippen LogP contribution in [0.1, 0.15) is 24.2 Å². The van der Waals surface area contributed by atoms with Crippen LogP contribution in [0.5, 0.6) is 5.88 Å². The fourth-order valence-corrected chi connectivity index (χ4v) is 1.49. The van der Waals surface area contributed by atoms with Crippen molar-refractivity contribution in [2.45, 2.75) is 20.0 Å². The van der Waals surface area contributed by atoms with E-state index in [0.717, 1.165) is 0 Å². The van der Waals surface area contributed by atoms with Crippen LogP contribution >= 0.6 is 15.9 Å². The summed E-state index contributed by atoms with van der Waals surface area (Å²) >= 11 is 3.26. The summed E-state index contributed by atoms with van der Waals surface area (Å²) in [5.74, 6) is -0.0224. The molecule has 1 aromatic rings. The minimum absolute atomic E-state index is 0.00157. The van der Waals surface area contributed by atoms with E-state index in [0.29, 0.717) is 15.9 Å². The van der Waals surface area contributed by atoms with Gasteiger partial charge in [-0.1, -0.05) is 0 Å². The van der Waals surface area contributed by atoms with Crippen molar-refractivity contribution in [2.75, 3.05) is 7.11 Å². The lowest BCUT2D eigenvalue weighted by Gasteiger charge is -2.11. The summed E-state index contributed by atoms with van der Waals surface area (Å²) in [5.41, 5.74) is 0.406. The number of aromatic nitrogens is 1. The second kappa shape index (κ2) is 5.11. The average Bonchev–Trinajstić information content (AvgIpc) is 2.19. The van der Waals surface area contributed by atoms with Crippen LogP contribution in [0.4, 0.5) is 0 Å². The summed E-state index contributed by atoms with van der Waals surface area (Å²) in [6.45, 7) is 3.78. The summed E-state index contributed by atoms with van der Waals surface area (Å²) in [6.07, 6.45) is 1.51. The van der Waals surface area contributed by atoms with Crippen molar-refractivity contribution in [2.24, 2.45) is 0 Å². The van der Waals surface area contributed by atoms with Gasteiger partial charge in [-0.3, -0.25) is 0 Å². The number of halogens is 1. The van der Waals surface area contributed by atoms with E-state index in [1.165, 1.54) is 13.3 Å². The first kappa shape index (κ1) is 12.0.